The molecular weight excluding hydrogens is 380 g/mol. The van der Waals surface area contributed by atoms with E-state index in [4.69, 9.17) is 4.74 Å². The molecule has 0 aliphatic heterocycles. The molecule has 0 saturated carbocycles. The minimum Gasteiger partial charge on any atom is -0.492 e. The number of benzene rings is 2. The monoisotopic (exact) mass is 400 g/mol. The van der Waals surface area contributed by atoms with Crippen LogP contribution in [-0.4, -0.2) is 28.4 Å². The van der Waals surface area contributed by atoms with E-state index in [0.29, 0.717) is 24.0 Å². The summed E-state index contributed by atoms with van der Waals surface area (Å²) in [4.78, 5) is 30.4. The number of hydrogen-bond donors (Lipinski definition) is 0. The van der Waals surface area contributed by atoms with Crippen molar-refractivity contribution in [2.24, 2.45) is 0 Å². The van der Waals surface area contributed by atoms with E-state index in [1.807, 2.05) is 55.5 Å². The summed E-state index contributed by atoms with van der Waals surface area (Å²) in [7, 11) is 0. The molecule has 0 radical (unpaired) electrons. The Balaban J connectivity index is 1.96. The van der Waals surface area contributed by atoms with Crippen LogP contribution in [0.2, 0.25) is 0 Å². The second-order valence-corrected chi connectivity index (χ2v) is 7.94. The average molecular weight is 401 g/mol. The predicted molar refractivity (Wildman–Crippen MR) is 112 cm³/mol. The standard InChI is InChI=1S/C20H20N2O3S2/c1-3-25-16-10-7-11-17-19(16)21-20(27-17)22(18(24)13-26-14(2)23)12-15-8-5-4-6-9-15/h4-11H,3,12-13H2,1-2H3. The number of fused-ring (bicyclic) bond motifs is 1. The van der Waals surface area contributed by atoms with Crippen molar-refractivity contribution in [3.63, 3.8) is 0 Å². The average Bonchev–Trinajstić information content (AvgIpc) is 3.10. The maximum Gasteiger partial charge on any atom is 0.239 e. The fourth-order valence-corrected chi connectivity index (χ4v) is 4.05. The molecule has 5 nitrogen and oxygen atoms in total. The first-order valence-corrected chi connectivity index (χ1v) is 10.4. The number of ether oxygens (including phenoxy) is 1. The first-order chi connectivity index (χ1) is 13.1. The normalized spacial score (nSPS) is 10.7. The highest BCUT2D eigenvalue weighted by Gasteiger charge is 2.21. The summed E-state index contributed by atoms with van der Waals surface area (Å²) in [5.74, 6) is 0.662. The van der Waals surface area contributed by atoms with E-state index >= 15 is 0 Å². The van der Waals surface area contributed by atoms with Gasteiger partial charge in [0.05, 0.1) is 23.6 Å². The van der Waals surface area contributed by atoms with Crippen LogP contribution in [0.15, 0.2) is 48.5 Å². The van der Waals surface area contributed by atoms with Crippen molar-refractivity contribution in [1.82, 2.24) is 4.98 Å². The predicted octanol–water partition coefficient (Wildman–Crippen LogP) is 4.51. The number of carbonyl (C=O) groups excluding carboxylic acids is 2. The van der Waals surface area contributed by atoms with E-state index in [1.165, 1.54) is 18.3 Å². The SMILES string of the molecule is CCOc1cccc2sc(N(Cc3ccccc3)C(=O)CSC(C)=O)nc12. The Bertz CT molecular complexity index is 941. The van der Waals surface area contributed by atoms with E-state index in [-0.39, 0.29) is 16.8 Å². The van der Waals surface area contributed by atoms with E-state index in [1.54, 1.807) is 4.90 Å². The van der Waals surface area contributed by atoms with Gasteiger partial charge in [-0.25, -0.2) is 4.98 Å². The van der Waals surface area contributed by atoms with Crippen LogP contribution in [0.25, 0.3) is 10.2 Å². The minimum atomic E-state index is -0.143. The molecule has 0 aliphatic carbocycles. The van der Waals surface area contributed by atoms with Crippen LogP contribution >= 0.6 is 23.1 Å². The summed E-state index contributed by atoms with van der Waals surface area (Å²) in [5, 5.41) is 0.529. The summed E-state index contributed by atoms with van der Waals surface area (Å²) in [6, 6.07) is 15.5. The van der Waals surface area contributed by atoms with Gasteiger partial charge in [-0.1, -0.05) is 59.5 Å². The summed E-state index contributed by atoms with van der Waals surface area (Å²) in [6.45, 7) is 4.34. The summed E-state index contributed by atoms with van der Waals surface area (Å²) < 4.78 is 6.62. The van der Waals surface area contributed by atoms with Gasteiger partial charge in [0.1, 0.15) is 11.3 Å². The molecule has 1 aromatic heterocycles. The van der Waals surface area contributed by atoms with Gasteiger partial charge in [-0.3, -0.25) is 14.5 Å². The number of carbonyl (C=O) groups is 2. The third-order valence-electron chi connectivity index (χ3n) is 3.78. The van der Waals surface area contributed by atoms with Crippen molar-refractivity contribution in [2.45, 2.75) is 20.4 Å². The fraction of sp³-hybridized carbons (Fsp3) is 0.250. The Morgan fingerprint density at radius 2 is 1.93 bits per heavy atom. The molecule has 27 heavy (non-hydrogen) atoms. The van der Waals surface area contributed by atoms with Gasteiger partial charge in [0.25, 0.3) is 0 Å². The second kappa shape index (κ2) is 9.01. The lowest BCUT2D eigenvalue weighted by Gasteiger charge is -2.19. The van der Waals surface area contributed by atoms with Crippen LogP contribution < -0.4 is 9.64 Å². The van der Waals surface area contributed by atoms with E-state index in [9.17, 15) is 9.59 Å². The molecule has 0 unspecified atom stereocenters. The molecule has 0 atom stereocenters. The highest BCUT2D eigenvalue weighted by atomic mass is 32.2. The molecule has 7 heteroatoms. The third kappa shape index (κ3) is 4.87. The van der Waals surface area contributed by atoms with Gasteiger partial charge in [-0.15, -0.1) is 0 Å². The van der Waals surface area contributed by atoms with Crippen LogP contribution in [0.3, 0.4) is 0 Å². The van der Waals surface area contributed by atoms with E-state index < -0.39 is 0 Å². The fourth-order valence-electron chi connectivity index (χ4n) is 2.57. The zero-order valence-electron chi connectivity index (χ0n) is 15.2. The lowest BCUT2D eigenvalue weighted by Crippen LogP contribution is -2.32. The first kappa shape index (κ1) is 19.4. The molecule has 3 rings (SSSR count). The quantitative estimate of drug-likeness (QED) is 0.584. The van der Waals surface area contributed by atoms with Crippen LogP contribution in [0.1, 0.15) is 19.4 Å². The zero-order chi connectivity index (χ0) is 19.2. The van der Waals surface area contributed by atoms with Crippen LogP contribution in [-0.2, 0) is 16.1 Å². The van der Waals surface area contributed by atoms with Gasteiger partial charge in [0.15, 0.2) is 10.2 Å². The molecule has 140 valence electrons. The van der Waals surface area contributed by atoms with Crippen LogP contribution in [0, 0.1) is 0 Å². The summed E-state index contributed by atoms with van der Waals surface area (Å²) in [5.41, 5.74) is 1.76. The van der Waals surface area contributed by atoms with Gasteiger partial charge in [0.2, 0.25) is 5.91 Å². The third-order valence-corrected chi connectivity index (χ3v) is 5.63. The molecule has 1 heterocycles. The van der Waals surface area contributed by atoms with Gasteiger partial charge < -0.3 is 4.74 Å². The molecule has 0 N–H and O–H groups in total. The number of aromatic nitrogens is 1. The minimum absolute atomic E-state index is 0.0778. The Morgan fingerprint density at radius 3 is 2.63 bits per heavy atom. The lowest BCUT2D eigenvalue weighted by atomic mass is 10.2. The van der Waals surface area contributed by atoms with Crippen molar-refractivity contribution >= 4 is 49.5 Å². The highest BCUT2D eigenvalue weighted by molar-refractivity contribution is 8.14. The molecule has 3 aromatic rings. The molecule has 2 aromatic carbocycles. The maximum atomic E-state index is 12.8. The molecule has 0 fully saturated rings. The Hall–Kier alpha value is -2.38. The van der Waals surface area contributed by atoms with Gasteiger partial charge in [-0.2, -0.15) is 0 Å². The van der Waals surface area contributed by atoms with Gasteiger partial charge in [-0.05, 0) is 24.6 Å². The van der Waals surface area contributed by atoms with Gasteiger partial charge in [0, 0.05) is 6.92 Å². The van der Waals surface area contributed by atoms with E-state index in [0.717, 1.165) is 27.5 Å². The van der Waals surface area contributed by atoms with Crippen molar-refractivity contribution in [1.29, 1.82) is 0 Å². The molecule has 0 saturated heterocycles. The maximum absolute atomic E-state index is 12.8. The number of hydrogen-bond acceptors (Lipinski definition) is 6. The molecule has 1 amide bonds. The largest absolute Gasteiger partial charge is 0.492 e. The van der Waals surface area contributed by atoms with Crippen molar-refractivity contribution < 1.29 is 14.3 Å². The number of thiazole rings is 1. The number of nitrogens with zero attached hydrogens (tertiary/aromatic N) is 2. The first-order valence-electron chi connectivity index (χ1n) is 8.58. The smallest absolute Gasteiger partial charge is 0.239 e. The number of para-hydroxylation sites is 1. The molecule has 0 spiro atoms. The Morgan fingerprint density at radius 1 is 1.15 bits per heavy atom. The number of rotatable bonds is 7. The number of thioether (sulfide) groups is 1. The lowest BCUT2D eigenvalue weighted by molar-refractivity contribution is -0.116. The molecular formula is C20H20N2O3S2. The van der Waals surface area contributed by atoms with Crippen LogP contribution in [0.5, 0.6) is 5.75 Å². The van der Waals surface area contributed by atoms with Gasteiger partial charge >= 0.3 is 0 Å². The summed E-state index contributed by atoms with van der Waals surface area (Å²) >= 11 is 2.46. The van der Waals surface area contributed by atoms with E-state index in [2.05, 4.69) is 4.98 Å². The number of anilines is 1. The Labute approximate surface area is 166 Å². The van der Waals surface area contributed by atoms with Crippen molar-refractivity contribution in [3.8, 4) is 5.75 Å². The van der Waals surface area contributed by atoms with Crippen LogP contribution in [0.4, 0.5) is 5.13 Å². The second-order valence-electron chi connectivity index (χ2n) is 5.78. The zero-order valence-corrected chi connectivity index (χ0v) is 16.8. The van der Waals surface area contributed by atoms with Crippen molar-refractivity contribution in [2.75, 3.05) is 17.3 Å². The topological polar surface area (TPSA) is 59.5 Å². The molecule has 0 aliphatic rings. The Kier molecular flexibility index (Phi) is 6.47. The highest BCUT2D eigenvalue weighted by Crippen LogP contribution is 2.35. The number of amides is 1. The molecule has 0 bridgehead atoms. The summed E-state index contributed by atoms with van der Waals surface area (Å²) in [6.07, 6.45) is 0. The van der Waals surface area contributed by atoms with Crippen molar-refractivity contribution in [3.05, 3.63) is 54.1 Å².